The lowest BCUT2D eigenvalue weighted by Gasteiger charge is -2.04. The van der Waals surface area contributed by atoms with Crippen LogP contribution in [-0.4, -0.2) is 26.0 Å². The molecule has 0 aliphatic carbocycles. The van der Waals surface area contributed by atoms with Crippen LogP contribution in [0.4, 0.5) is 15.7 Å². The second-order valence-electron chi connectivity index (χ2n) is 4.52. The highest BCUT2D eigenvalue weighted by molar-refractivity contribution is 7.91. The van der Waals surface area contributed by atoms with E-state index in [2.05, 4.69) is 19.6 Å². The Bertz CT molecular complexity index is 905. The summed E-state index contributed by atoms with van der Waals surface area (Å²) in [6.45, 7) is -0.168. The third-order valence-corrected chi connectivity index (χ3v) is 5.79. The summed E-state index contributed by atoms with van der Waals surface area (Å²) in [5.74, 6) is -0.291. The average molecular weight is 416 g/mol. The van der Waals surface area contributed by atoms with Crippen molar-refractivity contribution in [1.82, 2.24) is 0 Å². The molecule has 2 rings (SSSR count). The predicted octanol–water partition coefficient (Wildman–Crippen LogP) is 3.39. The zero-order chi connectivity index (χ0) is 19.0. The van der Waals surface area contributed by atoms with E-state index in [9.17, 15) is 8.42 Å². The molecule has 0 bridgehead atoms. The van der Waals surface area contributed by atoms with Gasteiger partial charge in [0.15, 0.2) is 22.2 Å². The molecule has 1 heterocycles. The van der Waals surface area contributed by atoms with Gasteiger partial charge in [-0.3, -0.25) is 4.18 Å². The summed E-state index contributed by atoms with van der Waals surface area (Å²) in [5, 5.41) is 28.8. The molecule has 1 aromatic carbocycles. The van der Waals surface area contributed by atoms with Crippen molar-refractivity contribution in [2.24, 2.45) is 10.2 Å². The third-order valence-electron chi connectivity index (χ3n) is 2.87. The highest BCUT2D eigenvalue weighted by atomic mass is 32.2. The van der Waals surface area contributed by atoms with Crippen molar-refractivity contribution in [2.45, 2.75) is 4.90 Å². The lowest BCUT2D eigenvalue weighted by atomic mass is 10.3. The van der Waals surface area contributed by atoms with Crippen LogP contribution in [0.5, 0.6) is 0 Å². The number of nitrogens with two attached hydrogens (primary N) is 1. The predicted molar refractivity (Wildman–Crippen MR) is 94.5 cm³/mol. The summed E-state index contributed by atoms with van der Waals surface area (Å²) in [6, 6.07) is 9.25. The van der Waals surface area contributed by atoms with Gasteiger partial charge in [-0.25, -0.2) is 13.7 Å². The number of benzene rings is 1. The van der Waals surface area contributed by atoms with E-state index in [4.69, 9.17) is 20.4 Å². The normalized spacial score (nSPS) is 11.7. The van der Waals surface area contributed by atoms with Crippen LogP contribution in [-0.2, 0) is 23.4 Å². The number of nitriles is 1. The quantitative estimate of drug-likeness (QED) is 0.205. The number of nitrogens with zero attached hydrogens (tertiary/aromatic N) is 3. The maximum atomic E-state index is 12.1. The number of anilines is 1. The van der Waals surface area contributed by atoms with E-state index in [0.717, 1.165) is 11.3 Å². The van der Waals surface area contributed by atoms with Gasteiger partial charge in [-0.2, -0.15) is 5.26 Å². The minimum atomic E-state index is -3.56. The van der Waals surface area contributed by atoms with E-state index < -0.39 is 9.84 Å². The van der Waals surface area contributed by atoms with Crippen LogP contribution in [0.25, 0.3) is 0 Å². The van der Waals surface area contributed by atoms with Gasteiger partial charge >= 0.3 is 0 Å². The van der Waals surface area contributed by atoms with Crippen LogP contribution in [0.2, 0.25) is 0 Å². The van der Waals surface area contributed by atoms with Crippen LogP contribution < -0.4 is 5.73 Å². The lowest BCUT2D eigenvalue weighted by Crippen LogP contribution is -2.10. The Balaban J connectivity index is 1.98. The molecule has 10 nitrogen and oxygen atoms in total. The van der Waals surface area contributed by atoms with E-state index >= 15 is 0 Å². The van der Waals surface area contributed by atoms with Crippen molar-refractivity contribution in [3.8, 4) is 6.07 Å². The van der Waals surface area contributed by atoms with Gasteiger partial charge in [0.25, 0.3) is 0 Å². The van der Waals surface area contributed by atoms with E-state index in [0.29, 0.717) is 33.6 Å². The molecule has 0 saturated heterocycles. The monoisotopic (exact) mass is 416 g/mol. The standard InChI is InChI=1S/C13H12N4O6S3/c14-8-9-7-12(24-13(9)15)17-16-10-1-3-11(4-2-10)26(19,20)6-5-21-25-23-22-18/h1-4,7,18H,5-6,15H2/b17-16+. The Morgan fingerprint density at radius 3 is 2.65 bits per heavy atom. The molecule has 0 fully saturated rings. The molecule has 0 radical (unpaired) electrons. The first-order valence-corrected chi connectivity index (χ1v) is 9.90. The molecule has 26 heavy (non-hydrogen) atoms. The maximum Gasteiger partial charge on any atom is 0.197 e. The molecular weight excluding hydrogens is 404 g/mol. The van der Waals surface area contributed by atoms with Crippen LogP contribution in [0, 0.1) is 11.3 Å². The molecule has 1 aromatic heterocycles. The molecule has 0 atom stereocenters. The summed E-state index contributed by atoms with van der Waals surface area (Å²) in [4.78, 5) is 0.0940. The number of nitrogen functional groups attached to an aromatic ring is 1. The topological polar surface area (TPSA) is 157 Å². The molecule has 0 saturated carbocycles. The van der Waals surface area contributed by atoms with Gasteiger partial charge in [0, 0.05) is 0 Å². The average Bonchev–Trinajstić information content (AvgIpc) is 3.00. The Morgan fingerprint density at radius 1 is 1.31 bits per heavy atom. The summed E-state index contributed by atoms with van der Waals surface area (Å²) in [5.41, 5.74) is 6.42. The first-order chi connectivity index (χ1) is 12.5. The molecule has 0 amide bonds. The highest BCUT2D eigenvalue weighted by Gasteiger charge is 2.14. The van der Waals surface area contributed by atoms with Crippen molar-refractivity contribution >= 4 is 49.2 Å². The number of thiophene rings is 1. The van der Waals surface area contributed by atoms with Crippen molar-refractivity contribution in [3.05, 3.63) is 35.9 Å². The van der Waals surface area contributed by atoms with E-state index in [1.165, 1.54) is 30.3 Å². The molecule has 13 heteroatoms. The third kappa shape index (κ3) is 5.75. The van der Waals surface area contributed by atoms with Gasteiger partial charge in [0.2, 0.25) is 0 Å². The number of sulfone groups is 1. The van der Waals surface area contributed by atoms with E-state index in [1.807, 2.05) is 6.07 Å². The fourth-order valence-corrected chi connectivity index (χ4v) is 3.79. The Labute approximate surface area is 157 Å². The maximum absolute atomic E-state index is 12.1. The lowest BCUT2D eigenvalue weighted by molar-refractivity contribution is -0.434. The zero-order valence-electron chi connectivity index (χ0n) is 12.9. The zero-order valence-corrected chi connectivity index (χ0v) is 15.4. The van der Waals surface area contributed by atoms with Crippen molar-refractivity contribution < 1.29 is 27.2 Å². The minimum absolute atomic E-state index is 0.0940. The van der Waals surface area contributed by atoms with Crippen molar-refractivity contribution in [1.29, 1.82) is 5.26 Å². The molecular formula is C13H12N4O6S3. The number of hydrogen-bond acceptors (Lipinski definition) is 12. The van der Waals surface area contributed by atoms with Gasteiger partial charge < -0.3 is 5.73 Å². The summed E-state index contributed by atoms with van der Waals surface area (Å²) in [7, 11) is -3.56. The van der Waals surface area contributed by atoms with Crippen LogP contribution >= 0.6 is 23.7 Å². The highest BCUT2D eigenvalue weighted by Crippen LogP contribution is 2.32. The fourth-order valence-electron chi connectivity index (χ4n) is 1.68. The minimum Gasteiger partial charge on any atom is -0.389 e. The Kier molecular flexibility index (Phi) is 7.48. The first kappa shape index (κ1) is 20.3. The fraction of sp³-hybridized carbons (Fsp3) is 0.154. The van der Waals surface area contributed by atoms with Gasteiger partial charge in [0.1, 0.15) is 16.1 Å². The number of hydrogen-bond donors (Lipinski definition) is 2. The van der Waals surface area contributed by atoms with Crippen molar-refractivity contribution in [2.75, 3.05) is 18.1 Å². The molecule has 0 spiro atoms. The molecule has 138 valence electrons. The summed E-state index contributed by atoms with van der Waals surface area (Å²) >= 11 is 1.44. The summed E-state index contributed by atoms with van der Waals surface area (Å²) < 4.78 is 32.9. The van der Waals surface area contributed by atoms with Gasteiger partial charge in [0.05, 0.1) is 28.5 Å². The molecule has 2 aromatic rings. The van der Waals surface area contributed by atoms with Crippen LogP contribution in [0.15, 0.2) is 45.5 Å². The van der Waals surface area contributed by atoms with Gasteiger partial charge in [-0.1, -0.05) is 16.4 Å². The number of rotatable bonds is 9. The smallest absolute Gasteiger partial charge is 0.197 e. The van der Waals surface area contributed by atoms with Crippen LogP contribution in [0.3, 0.4) is 0 Å². The Hall–Kier alpha value is -2.05. The number of azo groups is 1. The molecule has 0 unspecified atom stereocenters. The second kappa shape index (κ2) is 9.59. The van der Waals surface area contributed by atoms with Crippen LogP contribution in [0.1, 0.15) is 5.56 Å². The van der Waals surface area contributed by atoms with Crippen molar-refractivity contribution in [3.63, 3.8) is 0 Å². The van der Waals surface area contributed by atoms with Gasteiger partial charge in [-0.05, 0) is 30.3 Å². The molecule has 0 aliphatic rings. The van der Waals surface area contributed by atoms with E-state index in [1.54, 1.807) is 0 Å². The first-order valence-electron chi connectivity index (χ1n) is 6.76. The Morgan fingerprint density at radius 2 is 2.04 bits per heavy atom. The SMILES string of the molecule is N#Cc1cc(/N=N/c2ccc(S(=O)(=O)CCOSOOO)cc2)sc1N. The largest absolute Gasteiger partial charge is 0.389 e. The summed E-state index contributed by atoms with van der Waals surface area (Å²) in [6.07, 6.45) is 0. The molecule has 3 N–H and O–H groups in total. The molecule has 0 aliphatic heterocycles. The van der Waals surface area contributed by atoms with Gasteiger partial charge in [-0.15, -0.1) is 14.6 Å². The second-order valence-corrected chi connectivity index (χ2v) is 8.20. The van der Waals surface area contributed by atoms with E-state index in [-0.39, 0.29) is 17.3 Å².